The molecule has 1 aliphatic heterocycles. The summed E-state index contributed by atoms with van der Waals surface area (Å²) in [6.07, 6.45) is -0.751. The first-order valence-electron chi connectivity index (χ1n) is 8.28. The lowest BCUT2D eigenvalue weighted by Gasteiger charge is -2.36. The summed E-state index contributed by atoms with van der Waals surface area (Å²) in [6.45, 7) is 2.34. The molecular weight excluding hydrogens is 367 g/mol. The van der Waals surface area contributed by atoms with Gasteiger partial charge in [0.25, 0.3) is 0 Å². The van der Waals surface area contributed by atoms with Gasteiger partial charge in [0.05, 0.1) is 0 Å². The molecule has 0 atom stereocenters. The molecule has 0 radical (unpaired) electrons. The Bertz CT molecular complexity index is 605. The van der Waals surface area contributed by atoms with E-state index in [-0.39, 0.29) is 17.0 Å². The van der Waals surface area contributed by atoms with Crippen molar-refractivity contribution in [1.82, 2.24) is 10.6 Å². The lowest BCUT2D eigenvalue weighted by atomic mass is 9.99. The predicted molar refractivity (Wildman–Crippen MR) is 97.6 cm³/mol. The minimum Gasteiger partial charge on any atom is -0.405 e. The molecule has 1 fully saturated rings. The third-order valence-electron chi connectivity index (χ3n) is 4.28. The fourth-order valence-corrected chi connectivity index (χ4v) is 3.51. The zero-order valence-electron chi connectivity index (χ0n) is 14.9. The van der Waals surface area contributed by atoms with Gasteiger partial charge in [0.1, 0.15) is 5.75 Å². The number of nitrogens with one attached hydrogen (secondary N) is 2. The zero-order chi connectivity index (χ0) is 19.0. The van der Waals surface area contributed by atoms with Gasteiger partial charge >= 0.3 is 6.36 Å². The number of hydrogen-bond donors (Lipinski definition) is 2. The number of aliphatic imine (C=N–C) groups is 1. The Balaban J connectivity index is 1.93. The van der Waals surface area contributed by atoms with Crippen molar-refractivity contribution in [1.29, 1.82) is 0 Å². The monoisotopic (exact) mass is 391 g/mol. The second kappa shape index (κ2) is 9.36. The van der Waals surface area contributed by atoms with Gasteiger partial charge in [-0.2, -0.15) is 11.8 Å². The van der Waals surface area contributed by atoms with Crippen LogP contribution in [0.2, 0.25) is 0 Å². The fourth-order valence-electron chi connectivity index (χ4n) is 2.71. The van der Waals surface area contributed by atoms with Gasteiger partial charge in [0.2, 0.25) is 0 Å². The van der Waals surface area contributed by atoms with E-state index in [2.05, 4.69) is 26.6 Å². The molecule has 0 amide bonds. The van der Waals surface area contributed by atoms with Crippen LogP contribution < -0.4 is 15.4 Å². The van der Waals surface area contributed by atoms with Crippen LogP contribution in [0.25, 0.3) is 0 Å². The number of hydrogen-bond acceptors (Lipinski definition) is 4. The van der Waals surface area contributed by atoms with Crippen LogP contribution in [0.1, 0.15) is 18.4 Å². The van der Waals surface area contributed by atoms with Gasteiger partial charge in [0, 0.05) is 43.7 Å². The summed E-state index contributed by atoms with van der Waals surface area (Å²) >= 11 is 1.80. The number of para-hydroxylation sites is 1. The van der Waals surface area contributed by atoms with Crippen molar-refractivity contribution in [2.75, 3.05) is 33.1 Å². The average molecular weight is 391 g/mol. The summed E-state index contributed by atoms with van der Waals surface area (Å²) in [7, 11) is 1.63. The standard InChI is InChI=1S/C17H24F3N3O2S/c1-21-15(23-12-16(26-2)7-9-24-10-8-16)22-11-13-5-3-4-6-14(13)25-17(18,19)20/h3-6H,7-12H2,1-2H3,(H2,21,22,23). The minimum absolute atomic E-state index is 0.0766. The molecule has 2 rings (SSSR count). The molecule has 1 aromatic carbocycles. The highest BCUT2D eigenvalue weighted by Crippen LogP contribution is 2.33. The third-order valence-corrected chi connectivity index (χ3v) is 5.70. The molecule has 0 spiro atoms. The van der Waals surface area contributed by atoms with Crippen molar-refractivity contribution in [3.05, 3.63) is 29.8 Å². The largest absolute Gasteiger partial charge is 0.573 e. The lowest BCUT2D eigenvalue weighted by molar-refractivity contribution is -0.274. The van der Waals surface area contributed by atoms with Gasteiger partial charge < -0.3 is 20.1 Å². The fraction of sp³-hybridized carbons (Fsp3) is 0.588. The summed E-state index contributed by atoms with van der Waals surface area (Å²) < 4.78 is 47.1. The quantitative estimate of drug-likeness (QED) is 0.576. The van der Waals surface area contributed by atoms with Crippen molar-refractivity contribution in [3.63, 3.8) is 0 Å². The van der Waals surface area contributed by atoms with Crippen molar-refractivity contribution >= 4 is 17.7 Å². The number of benzene rings is 1. The molecule has 1 saturated heterocycles. The lowest BCUT2D eigenvalue weighted by Crippen LogP contribution is -2.47. The molecule has 0 aliphatic carbocycles. The smallest absolute Gasteiger partial charge is 0.405 e. The average Bonchev–Trinajstić information content (AvgIpc) is 2.62. The number of alkyl halides is 3. The highest BCUT2D eigenvalue weighted by Gasteiger charge is 2.33. The van der Waals surface area contributed by atoms with Crippen LogP contribution in [0.15, 0.2) is 29.3 Å². The number of halogens is 3. The number of thioether (sulfide) groups is 1. The van der Waals surface area contributed by atoms with Crippen LogP contribution >= 0.6 is 11.8 Å². The van der Waals surface area contributed by atoms with Crippen LogP contribution in [0.4, 0.5) is 13.2 Å². The van der Waals surface area contributed by atoms with E-state index in [0.717, 1.165) is 26.1 Å². The molecule has 1 heterocycles. The Morgan fingerprint density at radius 1 is 1.27 bits per heavy atom. The van der Waals surface area contributed by atoms with Crippen LogP contribution in [-0.4, -0.2) is 50.1 Å². The van der Waals surface area contributed by atoms with Crippen LogP contribution in [0.5, 0.6) is 5.75 Å². The van der Waals surface area contributed by atoms with E-state index in [1.807, 2.05) is 0 Å². The summed E-state index contributed by atoms with van der Waals surface area (Å²) in [5.41, 5.74) is 0.401. The normalized spacial score (nSPS) is 17.7. The Hall–Kier alpha value is -1.61. The van der Waals surface area contributed by atoms with Crippen molar-refractivity contribution in [2.24, 2.45) is 4.99 Å². The second-order valence-corrected chi connectivity index (χ2v) is 7.21. The van der Waals surface area contributed by atoms with Crippen LogP contribution in [-0.2, 0) is 11.3 Å². The van der Waals surface area contributed by atoms with Crippen molar-refractivity contribution < 1.29 is 22.6 Å². The highest BCUT2D eigenvalue weighted by molar-refractivity contribution is 8.00. The van der Waals surface area contributed by atoms with E-state index < -0.39 is 6.36 Å². The molecule has 1 aromatic rings. The summed E-state index contributed by atoms with van der Waals surface area (Å²) in [6, 6.07) is 6.06. The van der Waals surface area contributed by atoms with E-state index in [9.17, 15) is 13.2 Å². The van der Waals surface area contributed by atoms with Gasteiger partial charge in [-0.05, 0) is 25.2 Å². The molecule has 0 unspecified atom stereocenters. The first-order valence-corrected chi connectivity index (χ1v) is 9.51. The maximum absolute atomic E-state index is 12.5. The maximum Gasteiger partial charge on any atom is 0.573 e. The number of guanidine groups is 1. The first kappa shape index (κ1) is 20.7. The highest BCUT2D eigenvalue weighted by atomic mass is 32.2. The van der Waals surface area contributed by atoms with Crippen LogP contribution in [0, 0.1) is 0 Å². The first-order chi connectivity index (χ1) is 12.4. The summed E-state index contributed by atoms with van der Waals surface area (Å²) in [5.74, 6) is 0.319. The topological polar surface area (TPSA) is 54.9 Å². The molecule has 9 heteroatoms. The van der Waals surface area contributed by atoms with E-state index in [1.165, 1.54) is 12.1 Å². The Labute approximate surface area is 155 Å². The Morgan fingerprint density at radius 3 is 2.58 bits per heavy atom. The summed E-state index contributed by atoms with van der Waals surface area (Å²) in [5, 5.41) is 6.31. The molecule has 0 bridgehead atoms. The summed E-state index contributed by atoms with van der Waals surface area (Å²) in [4.78, 5) is 4.15. The van der Waals surface area contributed by atoms with Gasteiger partial charge in [-0.15, -0.1) is 13.2 Å². The van der Waals surface area contributed by atoms with Gasteiger partial charge in [-0.25, -0.2) is 0 Å². The van der Waals surface area contributed by atoms with Gasteiger partial charge in [-0.1, -0.05) is 18.2 Å². The maximum atomic E-state index is 12.5. The van der Waals surface area contributed by atoms with E-state index >= 15 is 0 Å². The van der Waals surface area contributed by atoms with Gasteiger partial charge in [0.15, 0.2) is 5.96 Å². The molecule has 0 aromatic heterocycles. The zero-order valence-corrected chi connectivity index (χ0v) is 15.7. The minimum atomic E-state index is -4.72. The number of rotatable bonds is 6. The van der Waals surface area contributed by atoms with Crippen molar-refractivity contribution in [2.45, 2.75) is 30.5 Å². The third kappa shape index (κ3) is 6.28. The molecule has 0 saturated carbocycles. The molecule has 5 nitrogen and oxygen atoms in total. The van der Waals surface area contributed by atoms with E-state index in [0.29, 0.717) is 18.1 Å². The van der Waals surface area contributed by atoms with E-state index in [1.54, 1.807) is 30.9 Å². The molecule has 2 N–H and O–H groups in total. The molecular formula is C17H24F3N3O2S. The Morgan fingerprint density at radius 2 is 1.96 bits per heavy atom. The van der Waals surface area contributed by atoms with Crippen molar-refractivity contribution in [3.8, 4) is 5.75 Å². The van der Waals surface area contributed by atoms with E-state index in [4.69, 9.17) is 4.74 Å². The second-order valence-electron chi connectivity index (χ2n) is 5.93. The Kier molecular flexibility index (Phi) is 7.45. The predicted octanol–water partition coefficient (Wildman–Crippen LogP) is 3.16. The molecule has 146 valence electrons. The van der Waals surface area contributed by atoms with Gasteiger partial charge in [-0.3, -0.25) is 4.99 Å². The molecule has 26 heavy (non-hydrogen) atoms. The number of nitrogens with zero attached hydrogens (tertiary/aromatic N) is 1. The van der Waals surface area contributed by atoms with Crippen LogP contribution in [0.3, 0.4) is 0 Å². The number of ether oxygens (including phenoxy) is 2. The SMILES string of the molecule is CN=C(NCc1ccccc1OC(F)(F)F)NCC1(SC)CCOCC1. The molecule has 1 aliphatic rings.